The van der Waals surface area contributed by atoms with E-state index in [1.54, 1.807) is 6.08 Å². The summed E-state index contributed by atoms with van der Waals surface area (Å²) in [6, 6.07) is 13.8. The number of carbonyl (C=O) groups excluding carboxylic acids is 1. The summed E-state index contributed by atoms with van der Waals surface area (Å²) in [7, 11) is 0. The quantitative estimate of drug-likeness (QED) is 0.640. The van der Waals surface area contributed by atoms with E-state index in [-0.39, 0.29) is 11.4 Å². The standard InChI is InChI=1S/C20H16F2N4O/c1-2-10-23-18-12-17(25-19(26-18)13-6-4-3-5-7-13)20(27)24-14-8-9-15(21)16(22)11-14/h2-9,11-12H,1,10H2,(H,24,27)(H,23,25,26). The maximum absolute atomic E-state index is 13.3. The molecule has 1 amide bonds. The summed E-state index contributed by atoms with van der Waals surface area (Å²) < 4.78 is 26.4. The average Bonchev–Trinajstić information content (AvgIpc) is 2.69. The summed E-state index contributed by atoms with van der Waals surface area (Å²) >= 11 is 0. The van der Waals surface area contributed by atoms with Gasteiger partial charge in [-0.15, -0.1) is 6.58 Å². The molecule has 1 heterocycles. The fourth-order valence-electron chi connectivity index (χ4n) is 2.32. The lowest BCUT2D eigenvalue weighted by Crippen LogP contribution is -2.16. The molecule has 0 unspecified atom stereocenters. The summed E-state index contributed by atoms with van der Waals surface area (Å²) in [5.41, 5.74) is 0.946. The highest BCUT2D eigenvalue weighted by atomic mass is 19.2. The van der Waals surface area contributed by atoms with E-state index in [9.17, 15) is 13.6 Å². The van der Waals surface area contributed by atoms with E-state index in [2.05, 4.69) is 27.2 Å². The van der Waals surface area contributed by atoms with Crippen molar-refractivity contribution in [1.29, 1.82) is 0 Å². The Kier molecular flexibility index (Phi) is 5.51. The zero-order chi connectivity index (χ0) is 19.2. The first-order chi connectivity index (χ1) is 13.1. The van der Waals surface area contributed by atoms with Crippen molar-refractivity contribution in [1.82, 2.24) is 9.97 Å². The normalized spacial score (nSPS) is 10.3. The van der Waals surface area contributed by atoms with Crippen LogP contribution in [0.25, 0.3) is 11.4 Å². The molecule has 136 valence electrons. The van der Waals surface area contributed by atoms with E-state index in [0.717, 1.165) is 17.7 Å². The van der Waals surface area contributed by atoms with Gasteiger partial charge in [-0.05, 0) is 12.1 Å². The van der Waals surface area contributed by atoms with E-state index in [1.165, 1.54) is 12.1 Å². The van der Waals surface area contributed by atoms with E-state index in [1.807, 2.05) is 30.3 Å². The zero-order valence-corrected chi connectivity index (χ0v) is 14.2. The van der Waals surface area contributed by atoms with Crippen LogP contribution in [0, 0.1) is 11.6 Å². The molecule has 3 aromatic rings. The van der Waals surface area contributed by atoms with Crippen molar-refractivity contribution in [2.75, 3.05) is 17.2 Å². The number of benzene rings is 2. The minimum absolute atomic E-state index is 0.0835. The molecule has 0 aliphatic rings. The maximum Gasteiger partial charge on any atom is 0.274 e. The number of aromatic nitrogens is 2. The lowest BCUT2D eigenvalue weighted by molar-refractivity contribution is 0.102. The molecule has 7 heteroatoms. The van der Waals surface area contributed by atoms with Crippen molar-refractivity contribution in [3.05, 3.63) is 84.6 Å². The summed E-state index contributed by atoms with van der Waals surface area (Å²) in [6.45, 7) is 4.09. The van der Waals surface area contributed by atoms with E-state index < -0.39 is 17.5 Å². The molecule has 0 aliphatic heterocycles. The number of carbonyl (C=O) groups is 1. The van der Waals surface area contributed by atoms with Gasteiger partial charge in [-0.1, -0.05) is 36.4 Å². The third-order valence-electron chi connectivity index (χ3n) is 3.60. The van der Waals surface area contributed by atoms with Crippen molar-refractivity contribution >= 4 is 17.4 Å². The second kappa shape index (κ2) is 8.18. The van der Waals surface area contributed by atoms with Gasteiger partial charge in [0.25, 0.3) is 5.91 Å². The van der Waals surface area contributed by atoms with Gasteiger partial charge in [-0.3, -0.25) is 4.79 Å². The van der Waals surface area contributed by atoms with Gasteiger partial charge in [0.2, 0.25) is 0 Å². The van der Waals surface area contributed by atoms with Gasteiger partial charge in [0.1, 0.15) is 11.5 Å². The first-order valence-corrected chi connectivity index (χ1v) is 8.12. The monoisotopic (exact) mass is 366 g/mol. The topological polar surface area (TPSA) is 66.9 Å². The predicted molar refractivity (Wildman–Crippen MR) is 100 cm³/mol. The Morgan fingerprint density at radius 2 is 1.81 bits per heavy atom. The van der Waals surface area contributed by atoms with Gasteiger partial charge in [0.05, 0.1) is 0 Å². The molecular weight excluding hydrogens is 350 g/mol. The maximum atomic E-state index is 13.3. The van der Waals surface area contributed by atoms with Crippen LogP contribution in [0.1, 0.15) is 10.5 Å². The molecule has 0 aliphatic carbocycles. The Morgan fingerprint density at radius 3 is 2.52 bits per heavy atom. The summed E-state index contributed by atoms with van der Waals surface area (Å²) in [6.07, 6.45) is 1.66. The lowest BCUT2D eigenvalue weighted by Gasteiger charge is -2.10. The SMILES string of the molecule is C=CCNc1cc(C(=O)Nc2ccc(F)c(F)c2)nc(-c2ccccc2)n1. The Balaban J connectivity index is 1.93. The van der Waals surface area contributed by atoms with Crippen LogP contribution in [0.5, 0.6) is 0 Å². The molecular formula is C20H16F2N4O. The molecule has 0 spiro atoms. The molecule has 1 aromatic heterocycles. The number of anilines is 2. The van der Waals surface area contributed by atoms with Crippen LogP contribution < -0.4 is 10.6 Å². The number of hydrogen-bond donors (Lipinski definition) is 2. The molecule has 0 atom stereocenters. The van der Waals surface area contributed by atoms with Crippen molar-refractivity contribution < 1.29 is 13.6 Å². The highest BCUT2D eigenvalue weighted by Crippen LogP contribution is 2.19. The van der Waals surface area contributed by atoms with Crippen molar-refractivity contribution in [2.24, 2.45) is 0 Å². The number of amides is 1. The molecule has 2 aromatic carbocycles. The van der Waals surface area contributed by atoms with Gasteiger partial charge < -0.3 is 10.6 Å². The first kappa shape index (κ1) is 18.2. The molecule has 0 saturated carbocycles. The Morgan fingerprint density at radius 1 is 1.04 bits per heavy atom. The van der Waals surface area contributed by atoms with Crippen LogP contribution in [-0.4, -0.2) is 22.4 Å². The number of hydrogen-bond acceptors (Lipinski definition) is 4. The fraction of sp³-hybridized carbons (Fsp3) is 0.0500. The smallest absolute Gasteiger partial charge is 0.274 e. The van der Waals surface area contributed by atoms with E-state index in [4.69, 9.17) is 0 Å². The molecule has 0 radical (unpaired) electrons. The molecule has 5 nitrogen and oxygen atoms in total. The lowest BCUT2D eigenvalue weighted by atomic mass is 10.2. The zero-order valence-electron chi connectivity index (χ0n) is 14.2. The van der Waals surface area contributed by atoms with Crippen LogP contribution in [0.4, 0.5) is 20.3 Å². The summed E-state index contributed by atoms with van der Waals surface area (Å²) in [5, 5.41) is 5.53. The molecule has 0 bridgehead atoms. The van der Waals surface area contributed by atoms with Crippen LogP contribution in [0.2, 0.25) is 0 Å². The van der Waals surface area contributed by atoms with Crippen molar-refractivity contribution in [3.63, 3.8) is 0 Å². The van der Waals surface area contributed by atoms with E-state index >= 15 is 0 Å². The Labute approximate surface area is 154 Å². The van der Waals surface area contributed by atoms with Crippen LogP contribution in [0.3, 0.4) is 0 Å². The molecule has 27 heavy (non-hydrogen) atoms. The van der Waals surface area contributed by atoms with E-state index in [0.29, 0.717) is 18.2 Å². The minimum Gasteiger partial charge on any atom is -0.366 e. The van der Waals surface area contributed by atoms with Gasteiger partial charge in [0, 0.05) is 29.9 Å². The third-order valence-corrected chi connectivity index (χ3v) is 3.60. The van der Waals surface area contributed by atoms with Crippen LogP contribution in [0.15, 0.2) is 67.3 Å². The summed E-state index contributed by atoms with van der Waals surface area (Å²) in [5.74, 6) is -1.80. The molecule has 0 fully saturated rings. The molecule has 2 N–H and O–H groups in total. The predicted octanol–water partition coefficient (Wildman–Crippen LogP) is 4.27. The Hall–Kier alpha value is -3.61. The summed E-state index contributed by atoms with van der Waals surface area (Å²) in [4.78, 5) is 21.2. The number of halogens is 2. The fourth-order valence-corrected chi connectivity index (χ4v) is 2.32. The van der Waals surface area contributed by atoms with Crippen molar-refractivity contribution in [2.45, 2.75) is 0 Å². The third kappa shape index (κ3) is 4.52. The molecule has 0 saturated heterocycles. The number of nitrogens with zero attached hydrogens (tertiary/aromatic N) is 2. The minimum atomic E-state index is -1.05. The van der Waals surface area contributed by atoms with Crippen LogP contribution >= 0.6 is 0 Å². The highest BCUT2D eigenvalue weighted by molar-refractivity contribution is 6.03. The van der Waals surface area contributed by atoms with Crippen molar-refractivity contribution in [3.8, 4) is 11.4 Å². The first-order valence-electron chi connectivity index (χ1n) is 8.12. The van der Waals surface area contributed by atoms with Gasteiger partial charge in [-0.2, -0.15) is 0 Å². The average molecular weight is 366 g/mol. The van der Waals surface area contributed by atoms with Gasteiger partial charge in [0.15, 0.2) is 17.5 Å². The number of nitrogens with one attached hydrogen (secondary N) is 2. The second-order valence-electron chi connectivity index (χ2n) is 5.58. The second-order valence-corrected chi connectivity index (χ2v) is 5.58. The Bertz CT molecular complexity index is 977. The van der Waals surface area contributed by atoms with Gasteiger partial charge in [-0.25, -0.2) is 18.7 Å². The largest absolute Gasteiger partial charge is 0.366 e. The molecule has 3 rings (SSSR count). The number of rotatable bonds is 6. The van der Waals surface area contributed by atoms with Gasteiger partial charge >= 0.3 is 0 Å². The van der Waals surface area contributed by atoms with Crippen LogP contribution in [-0.2, 0) is 0 Å². The highest BCUT2D eigenvalue weighted by Gasteiger charge is 2.14.